The van der Waals surface area contributed by atoms with Crippen LogP contribution in [-0.4, -0.2) is 39.5 Å². The first kappa shape index (κ1) is 19.1. The van der Waals surface area contributed by atoms with Crippen molar-refractivity contribution in [3.8, 4) is 5.69 Å². The Bertz CT molecular complexity index is 1100. The molecule has 7 nitrogen and oxygen atoms in total. The second-order valence-corrected chi connectivity index (χ2v) is 7.26. The zero-order chi connectivity index (χ0) is 20.5. The van der Waals surface area contributed by atoms with Gasteiger partial charge < -0.3 is 9.64 Å². The van der Waals surface area contributed by atoms with Gasteiger partial charge in [-0.2, -0.15) is 9.90 Å². The van der Waals surface area contributed by atoms with Crippen molar-refractivity contribution in [1.29, 1.82) is 0 Å². The van der Waals surface area contributed by atoms with Crippen molar-refractivity contribution >= 4 is 29.2 Å². The number of benzene rings is 2. The van der Waals surface area contributed by atoms with E-state index in [1.165, 1.54) is 4.80 Å². The topological polar surface area (TPSA) is 77.3 Å². The highest BCUT2D eigenvalue weighted by Crippen LogP contribution is 2.28. The minimum Gasteiger partial charge on any atom is -0.448 e. The van der Waals surface area contributed by atoms with Crippen LogP contribution >= 0.6 is 11.6 Å². The molecule has 0 saturated heterocycles. The predicted octanol–water partition coefficient (Wildman–Crippen LogP) is 3.36. The van der Waals surface area contributed by atoms with Crippen LogP contribution in [0.3, 0.4) is 0 Å². The van der Waals surface area contributed by atoms with E-state index in [2.05, 4.69) is 10.2 Å². The lowest BCUT2D eigenvalue weighted by Gasteiger charge is -2.21. The number of nitrogens with zero attached hydrogens (tertiary/aromatic N) is 4. The molecule has 2 aromatic carbocycles. The van der Waals surface area contributed by atoms with Crippen LogP contribution in [0.2, 0.25) is 5.02 Å². The molecule has 1 aliphatic heterocycles. The maximum atomic E-state index is 12.8. The predicted molar refractivity (Wildman–Crippen MR) is 108 cm³/mol. The van der Waals surface area contributed by atoms with E-state index in [0.29, 0.717) is 22.9 Å². The van der Waals surface area contributed by atoms with Crippen molar-refractivity contribution in [3.05, 3.63) is 70.5 Å². The van der Waals surface area contributed by atoms with Crippen molar-refractivity contribution in [2.45, 2.75) is 26.4 Å². The normalized spacial score (nSPS) is 13.8. The van der Waals surface area contributed by atoms with Gasteiger partial charge in [0.25, 0.3) is 5.91 Å². The van der Waals surface area contributed by atoms with E-state index in [-0.39, 0.29) is 11.6 Å². The summed E-state index contributed by atoms with van der Waals surface area (Å²) < 4.78 is 5.41. The Morgan fingerprint density at radius 2 is 1.93 bits per heavy atom. The number of fused-ring (bicyclic) bond motifs is 1. The van der Waals surface area contributed by atoms with Crippen LogP contribution in [0.5, 0.6) is 0 Å². The van der Waals surface area contributed by atoms with Crippen molar-refractivity contribution in [3.63, 3.8) is 0 Å². The minimum absolute atomic E-state index is 0.0615. The van der Waals surface area contributed by atoms with E-state index < -0.39 is 12.1 Å². The maximum absolute atomic E-state index is 12.8. The number of amides is 1. The Morgan fingerprint density at radius 1 is 1.14 bits per heavy atom. The Hall–Kier alpha value is -3.19. The van der Waals surface area contributed by atoms with Crippen LogP contribution in [0, 0.1) is 6.92 Å². The average molecular weight is 411 g/mol. The molecule has 1 amide bonds. The quantitative estimate of drug-likeness (QED) is 0.616. The Kier molecular flexibility index (Phi) is 5.07. The molecule has 0 unspecified atom stereocenters. The molecule has 29 heavy (non-hydrogen) atoms. The molecule has 4 rings (SSSR count). The van der Waals surface area contributed by atoms with Crippen LogP contribution in [0.4, 0.5) is 5.69 Å². The molecule has 0 bridgehead atoms. The molecule has 1 aliphatic rings. The summed E-state index contributed by atoms with van der Waals surface area (Å²) in [6.07, 6.45) is -0.153. The van der Waals surface area contributed by atoms with Crippen molar-refractivity contribution in [2.75, 3.05) is 11.4 Å². The van der Waals surface area contributed by atoms with Crippen LogP contribution in [0.15, 0.2) is 48.5 Å². The van der Waals surface area contributed by atoms with Gasteiger partial charge in [-0.3, -0.25) is 4.79 Å². The second-order valence-electron chi connectivity index (χ2n) is 6.82. The fourth-order valence-electron chi connectivity index (χ4n) is 3.34. The summed E-state index contributed by atoms with van der Waals surface area (Å²) in [5.74, 6) is -0.952. The van der Waals surface area contributed by atoms with Crippen molar-refractivity contribution in [2.24, 2.45) is 0 Å². The molecule has 0 aliphatic carbocycles. The number of ether oxygens (including phenoxy) is 1. The lowest BCUT2D eigenvalue weighted by Crippen LogP contribution is -2.39. The smallest absolute Gasteiger partial charge is 0.361 e. The third-order valence-electron chi connectivity index (χ3n) is 4.80. The number of para-hydroxylation sites is 1. The fraction of sp³-hybridized carbons (Fsp3) is 0.238. The highest BCUT2D eigenvalue weighted by molar-refractivity contribution is 6.30. The minimum atomic E-state index is -0.940. The van der Waals surface area contributed by atoms with Gasteiger partial charge in [0.2, 0.25) is 0 Å². The summed E-state index contributed by atoms with van der Waals surface area (Å²) in [7, 11) is 0. The van der Waals surface area contributed by atoms with E-state index in [9.17, 15) is 9.59 Å². The summed E-state index contributed by atoms with van der Waals surface area (Å²) in [6, 6.07) is 14.7. The van der Waals surface area contributed by atoms with Crippen molar-refractivity contribution in [1.82, 2.24) is 15.0 Å². The monoisotopic (exact) mass is 410 g/mol. The first-order valence-corrected chi connectivity index (χ1v) is 9.62. The molecule has 8 heteroatoms. The fourth-order valence-corrected chi connectivity index (χ4v) is 3.52. The molecular formula is C21H19ClN4O3. The molecule has 0 fully saturated rings. The maximum Gasteiger partial charge on any atom is 0.361 e. The number of hydrogen-bond donors (Lipinski definition) is 0. The summed E-state index contributed by atoms with van der Waals surface area (Å²) in [6.45, 7) is 3.80. The van der Waals surface area contributed by atoms with Crippen LogP contribution in [-0.2, 0) is 16.0 Å². The number of hydrogen-bond acceptors (Lipinski definition) is 5. The number of halogens is 1. The zero-order valence-corrected chi connectivity index (χ0v) is 16.8. The average Bonchev–Trinajstić information content (AvgIpc) is 3.31. The first-order valence-electron chi connectivity index (χ1n) is 9.24. The number of carbonyl (C=O) groups is 2. The summed E-state index contributed by atoms with van der Waals surface area (Å²) in [5, 5.41) is 9.00. The molecule has 2 heterocycles. The highest BCUT2D eigenvalue weighted by atomic mass is 35.5. The van der Waals surface area contributed by atoms with Gasteiger partial charge in [0.05, 0.1) is 11.4 Å². The standard InChI is InChI=1S/C21H19ClN4O3/c1-13-19(24-26(23-13)17-8-5-7-16(22)12-17)21(28)29-14(2)20(27)25-11-10-15-6-3-4-9-18(15)25/h3-9,12,14H,10-11H2,1-2H3/t14-/m0/s1. The number of aryl methyl sites for hydroxylation is 1. The third kappa shape index (κ3) is 3.73. The summed E-state index contributed by atoms with van der Waals surface area (Å²) >= 11 is 6.00. The molecular weight excluding hydrogens is 392 g/mol. The van der Waals surface area contributed by atoms with Gasteiger partial charge in [0.15, 0.2) is 11.8 Å². The highest BCUT2D eigenvalue weighted by Gasteiger charge is 2.31. The van der Waals surface area contributed by atoms with Gasteiger partial charge in [0, 0.05) is 17.3 Å². The molecule has 0 radical (unpaired) electrons. The van der Waals surface area contributed by atoms with E-state index >= 15 is 0 Å². The molecule has 0 N–H and O–H groups in total. The molecule has 148 valence electrons. The third-order valence-corrected chi connectivity index (χ3v) is 5.03. The Labute approximate surface area is 172 Å². The largest absolute Gasteiger partial charge is 0.448 e. The molecule has 3 aromatic rings. The number of rotatable bonds is 4. The van der Waals surface area contributed by atoms with Gasteiger partial charge in [-0.05, 0) is 50.1 Å². The molecule has 1 aromatic heterocycles. The van der Waals surface area contributed by atoms with Crippen LogP contribution in [0.1, 0.15) is 28.7 Å². The van der Waals surface area contributed by atoms with E-state index in [0.717, 1.165) is 17.7 Å². The van der Waals surface area contributed by atoms with Gasteiger partial charge in [0.1, 0.15) is 0 Å². The lowest BCUT2D eigenvalue weighted by molar-refractivity contribution is -0.126. The van der Waals surface area contributed by atoms with E-state index in [4.69, 9.17) is 16.3 Å². The van der Waals surface area contributed by atoms with E-state index in [1.54, 1.807) is 43.0 Å². The second kappa shape index (κ2) is 7.67. The van der Waals surface area contributed by atoms with E-state index in [1.807, 2.05) is 24.3 Å². The van der Waals surface area contributed by atoms with Gasteiger partial charge in [-0.25, -0.2) is 4.79 Å². The Balaban J connectivity index is 1.49. The number of anilines is 1. The molecule has 1 atom stereocenters. The number of esters is 1. The summed E-state index contributed by atoms with van der Waals surface area (Å²) in [4.78, 5) is 28.4. The zero-order valence-electron chi connectivity index (χ0n) is 16.0. The molecule has 0 saturated carbocycles. The molecule has 0 spiro atoms. The SMILES string of the molecule is Cc1nn(-c2cccc(Cl)c2)nc1C(=O)O[C@@H](C)C(=O)N1CCc2ccccc21. The lowest BCUT2D eigenvalue weighted by atomic mass is 10.2. The number of carbonyl (C=O) groups excluding carboxylic acids is 2. The summed E-state index contributed by atoms with van der Waals surface area (Å²) in [5.41, 5.74) is 3.06. The van der Waals surface area contributed by atoms with Gasteiger partial charge in [-0.15, -0.1) is 5.10 Å². The van der Waals surface area contributed by atoms with Gasteiger partial charge in [-0.1, -0.05) is 35.9 Å². The van der Waals surface area contributed by atoms with Gasteiger partial charge >= 0.3 is 5.97 Å². The van der Waals surface area contributed by atoms with Crippen LogP contribution < -0.4 is 4.90 Å². The Morgan fingerprint density at radius 3 is 2.72 bits per heavy atom. The van der Waals surface area contributed by atoms with Crippen molar-refractivity contribution < 1.29 is 14.3 Å². The van der Waals surface area contributed by atoms with Crippen LogP contribution in [0.25, 0.3) is 5.69 Å². The first-order chi connectivity index (χ1) is 13.9. The number of aromatic nitrogens is 3.